The highest BCUT2D eigenvalue weighted by atomic mass is 19.1. The Labute approximate surface area is 96.5 Å². The summed E-state index contributed by atoms with van der Waals surface area (Å²) in [5.41, 5.74) is 1.02. The molecule has 0 amide bonds. The number of halogens is 1. The quantitative estimate of drug-likeness (QED) is 0.827. The standard InChI is InChI=1S/C13H19FN2/c1-10-9-13(7-8-16(10)2)15-12-5-3-11(14)4-6-12/h3-6,10,13,15H,7-9H2,1-2H3. The fraction of sp³-hybridized carbons (Fsp3) is 0.538. The highest BCUT2D eigenvalue weighted by Crippen LogP contribution is 2.19. The van der Waals surface area contributed by atoms with Gasteiger partial charge in [0.1, 0.15) is 5.82 Å². The predicted molar refractivity (Wildman–Crippen MR) is 65.1 cm³/mol. The van der Waals surface area contributed by atoms with Gasteiger partial charge >= 0.3 is 0 Å². The van der Waals surface area contributed by atoms with Crippen LogP contribution in [0.5, 0.6) is 0 Å². The third-order valence-electron chi connectivity index (χ3n) is 3.42. The molecule has 0 aliphatic carbocycles. The van der Waals surface area contributed by atoms with E-state index in [0.717, 1.165) is 25.1 Å². The lowest BCUT2D eigenvalue weighted by atomic mass is 9.99. The van der Waals surface area contributed by atoms with E-state index in [2.05, 4.69) is 24.2 Å². The Morgan fingerprint density at radius 2 is 2.00 bits per heavy atom. The van der Waals surface area contributed by atoms with Crippen LogP contribution in [0.1, 0.15) is 19.8 Å². The average Bonchev–Trinajstić information content (AvgIpc) is 2.27. The molecule has 0 radical (unpaired) electrons. The van der Waals surface area contributed by atoms with Gasteiger partial charge in [-0.1, -0.05) is 0 Å². The summed E-state index contributed by atoms with van der Waals surface area (Å²) in [5.74, 6) is -0.178. The molecule has 2 nitrogen and oxygen atoms in total. The van der Waals surface area contributed by atoms with Crippen LogP contribution in [0.4, 0.5) is 10.1 Å². The van der Waals surface area contributed by atoms with Crippen LogP contribution in [0.3, 0.4) is 0 Å². The number of nitrogens with one attached hydrogen (secondary N) is 1. The molecule has 88 valence electrons. The number of nitrogens with zero attached hydrogens (tertiary/aromatic N) is 1. The Morgan fingerprint density at radius 1 is 1.31 bits per heavy atom. The van der Waals surface area contributed by atoms with Gasteiger partial charge in [0.15, 0.2) is 0 Å². The number of hydrogen-bond acceptors (Lipinski definition) is 2. The van der Waals surface area contributed by atoms with Crippen LogP contribution in [0.25, 0.3) is 0 Å². The van der Waals surface area contributed by atoms with Crippen LogP contribution >= 0.6 is 0 Å². The zero-order valence-electron chi connectivity index (χ0n) is 9.91. The van der Waals surface area contributed by atoms with Gasteiger partial charge in [0.2, 0.25) is 0 Å². The van der Waals surface area contributed by atoms with E-state index in [4.69, 9.17) is 0 Å². The molecular weight excluding hydrogens is 203 g/mol. The summed E-state index contributed by atoms with van der Waals surface area (Å²) in [4.78, 5) is 2.38. The monoisotopic (exact) mass is 222 g/mol. The van der Waals surface area contributed by atoms with Crippen molar-refractivity contribution in [3.05, 3.63) is 30.1 Å². The number of benzene rings is 1. The van der Waals surface area contributed by atoms with Crippen LogP contribution in [0.15, 0.2) is 24.3 Å². The molecule has 0 spiro atoms. The van der Waals surface area contributed by atoms with Gasteiger partial charge in [0, 0.05) is 24.3 Å². The van der Waals surface area contributed by atoms with Crippen molar-refractivity contribution in [3.63, 3.8) is 0 Å². The first-order valence-electron chi connectivity index (χ1n) is 5.87. The van der Waals surface area contributed by atoms with Crippen molar-refractivity contribution in [2.75, 3.05) is 18.9 Å². The fourth-order valence-corrected chi connectivity index (χ4v) is 2.20. The van der Waals surface area contributed by atoms with Crippen molar-refractivity contribution >= 4 is 5.69 Å². The average molecular weight is 222 g/mol. The number of likely N-dealkylation sites (tertiary alicyclic amines) is 1. The second-order valence-corrected chi connectivity index (χ2v) is 4.70. The van der Waals surface area contributed by atoms with Crippen molar-refractivity contribution in [1.29, 1.82) is 0 Å². The molecule has 16 heavy (non-hydrogen) atoms. The minimum absolute atomic E-state index is 0.178. The Bertz CT molecular complexity index is 336. The Kier molecular flexibility index (Phi) is 3.44. The summed E-state index contributed by atoms with van der Waals surface area (Å²) >= 11 is 0. The first-order valence-corrected chi connectivity index (χ1v) is 5.87. The Hall–Kier alpha value is -1.09. The van der Waals surface area contributed by atoms with Crippen molar-refractivity contribution < 1.29 is 4.39 Å². The van der Waals surface area contributed by atoms with E-state index >= 15 is 0 Å². The lowest BCUT2D eigenvalue weighted by Crippen LogP contribution is -2.42. The molecule has 1 aliphatic heterocycles. The van der Waals surface area contributed by atoms with Gasteiger partial charge < -0.3 is 10.2 Å². The highest BCUT2D eigenvalue weighted by molar-refractivity contribution is 5.43. The first-order chi connectivity index (χ1) is 7.65. The third-order valence-corrected chi connectivity index (χ3v) is 3.42. The summed E-state index contributed by atoms with van der Waals surface area (Å²) in [6.07, 6.45) is 2.30. The summed E-state index contributed by atoms with van der Waals surface area (Å²) in [5, 5.41) is 3.47. The SMILES string of the molecule is CC1CC(Nc2ccc(F)cc2)CCN1C. The zero-order chi connectivity index (χ0) is 11.5. The topological polar surface area (TPSA) is 15.3 Å². The van der Waals surface area contributed by atoms with E-state index in [0.29, 0.717) is 12.1 Å². The second-order valence-electron chi connectivity index (χ2n) is 4.70. The molecule has 1 aromatic rings. The number of piperidine rings is 1. The maximum absolute atomic E-state index is 12.7. The van der Waals surface area contributed by atoms with Gasteiger partial charge in [-0.25, -0.2) is 4.39 Å². The van der Waals surface area contributed by atoms with Gasteiger partial charge in [-0.3, -0.25) is 0 Å². The third kappa shape index (κ3) is 2.73. The smallest absolute Gasteiger partial charge is 0.123 e. The lowest BCUT2D eigenvalue weighted by Gasteiger charge is -2.35. The minimum atomic E-state index is -0.178. The van der Waals surface area contributed by atoms with E-state index in [-0.39, 0.29) is 5.82 Å². The van der Waals surface area contributed by atoms with Crippen molar-refractivity contribution in [1.82, 2.24) is 4.90 Å². The highest BCUT2D eigenvalue weighted by Gasteiger charge is 2.22. The van der Waals surface area contributed by atoms with E-state index in [1.807, 2.05) is 0 Å². The van der Waals surface area contributed by atoms with Gasteiger partial charge in [-0.15, -0.1) is 0 Å². The lowest BCUT2D eigenvalue weighted by molar-refractivity contribution is 0.190. The molecule has 0 bridgehead atoms. The van der Waals surface area contributed by atoms with Gasteiger partial charge in [0.25, 0.3) is 0 Å². The van der Waals surface area contributed by atoms with Crippen molar-refractivity contribution in [2.45, 2.75) is 31.8 Å². The van der Waals surface area contributed by atoms with Crippen LogP contribution in [0.2, 0.25) is 0 Å². The number of hydrogen-bond donors (Lipinski definition) is 1. The molecule has 1 N–H and O–H groups in total. The van der Waals surface area contributed by atoms with Crippen LogP contribution in [-0.2, 0) is 0 Å². The molecule has 1 aromatic carbocycles. The molecule has 2 atom stereocenters. The molecule has 1 fully saturated rings. The molecule has 0 aromatic heterocycles. The van der Waals surface area contributed by atoms with Crippen molar-refractivity contribution in [3.8, 4) is 0 Å². The van der Waals surface area contributed by atoms with Gasteiger partial charge in [-0.05, 0) is 51.1 Å². The van der Waals surface area contributed by atoms with Gasteiger partial charge in [-0.2, -0.15) is 0 Å². The molecule has 2 rings (SSSR count). The van der Waals surface area contributed by atoms with Crippen LogP contribution in [-0.4, -0.2) is 30.6 Å². The zero-order valence-corrected chi connectivity index (χ0v) is 9.91. The normalized spacial score (nSPS) is 26.7. The fourth-order valence-electron chi connectivity index (χ4n) is 2.20. The number of anilines is 1. The molecular formula is C13H19FN2. The maximum atomic E-state index is 12.7. The van der Waals surface area contributed by atoms with Gasteiger partial charge in [0.05, 0.1) is 0 Å². The molecule has 1 saturated heterocycles. The Balaban J connectivity index is 1.93. The van der Waals surface area contributed by atoms with E-state index < -0.39 is 0 Å². The molecule has 0 saturated carbocycles. The van der Waals surface area contributed by atoms with E-state index in [9.17, 15) is 4.39 Å². The minimum Gasteiger partial charge on any atom is -0.382 e. The maximum Gasteiger partial charge on any atom is 0.123 e. The summed E-state index contributed by atoms with van der Waals surface area (Å²) in [6.45, 7) is 3.37. The van der Waals surface area contributed by atoms with Crippen LogP contribution in [0, 0.1) is 5.82 Å². The molecule has 1 aliphatic rings. The Morgan fingerprint density at radius 3 is 2.62 bits per heavy atom. The number of rotatable bonds is 2. The molecule has 3 heteroatoms. The first kappa shape index (κ1) is 11.4. The molecule has 2 unspecified atom stereocenters. The largest absolute Gasteiger partial charge is 0.382 e. The summed E-state index contributed by atoms with van der Waals surface area (Å²) < 4.78 is 12.7. The predicted octanol–water partition coefficient (Wildman–Crippen LogP) is 2.72. The second kappa shape index (κ2) is 4.83. The summed E-state index contributed by atoms with van der Waals surface area (Å²) in [7, 11) is 2.17. The van der Waals surface area contributed by atoms with Crippen LogP contribution < -0.4 is 5.32 Å². The van der Waals surface area contributed by atoms with Crippen molar-refractivity contribution in [2.24, 2.45) is 0 Å². The molecule has 1 heterocycles. The van der Waals surface area contributed by atoms with E-state index in [1.165, 1.54) is 12.1 Å². The van der Waals surface area contributed by atoms with E-state index in [1.54, 1.807) is 12.1 Å². The summed E-state index contributed by atoms with van der Waals surface area (Å²) in [6, 6.07) is 7.74.